The van der Waals surface area contributed by atoms with Gasteiger partial charge >= 0.3 is 0 Å². The van der Waals surface area contributed by atoms with Crippen molar-refractivity contribution in [3.63, 3.8) is 0 Å². The van der Waals surface area contributed by atoms with Gasteiger partial charge in [0.2, 0.25) is 6.29 Å². The molecule has 3 saturated heterocycles. The minimum atomic E-state index is -0.387. The van der Waals surface area contributed by atoms with Crippen LogP contribution in [0, 0.1) is 0 Å². The number of hydrogen-bond donors (Lipinski definition) is 0. The largest absolute Gasteiger partial charge is 0.491 e. The van der Waals surface area contributed by atoms with Crippen LogP contribution in [-0.2, 0) is 19.6 Å². The Balaban J connectivity index is 1.28. The van der Waals surface area contributed by atoms with Crippen molar-refractivity contribution >= 4 is 0 Å². The van der Waals surface area contributed by atoms with Gasteiger partial charge in [-0.25, -0.2) is 0 Å². The Labute approximate surface area is 205 Å². The highest BCUT2D eigenvalue weighted by atomic mass is 16.7. The molecule has 6 nitrogen and oxygen atoms in total. The van der Waals surface area contributed by atoms with E-state index in [0.717, 1.165) is 43.5 Å². The molecule has 3 aromatic rings. The molecule has 3 fully saturated rings. The molecule has 0 bridgehead atoms. The molecule has 0 spiro atoms. The molecular formula is C29H30O6. The Morgan fingerprint density at radius 1 is 0.657 bits per heavy atom. The van der Waals surface area contributed by atoms with E-state index >= 15 is 0 Å². The Morgan fingerprint density at radius 3 is 1.40 bits per heavy atom. The van der Waals surface area contributed by atoms with Gasteiger partial charge in [0, 0.05) is 11.8 Å². The number of epoxide rings is 2. The van der Waals surface area contributed by atoms with E-state index in [4.69, 9.17) is 28.4 Å². The molecule has 6 rings (SSSR count). The van der Waals surface area contributed by atoms with Gasteiger partial charge in [-0.05, 0) is 60.0 Å². The van der Waals surface area contributed by atoms with Crippen LogP contribution in [0.25, 0.3) is 0 Å². The second-order valence-electron chi connectivity index (χ2n) is 9.44. The van der Waals surface area contributed by atoms with Crippen LogP contribution in [0.2, 0.25) is 0 Å². The van der Waals surface area contributed by atoms with Gasteiger partial charge in [-0.2, -0.15) is 0 Å². The summed E-state index contributed by atoms with van der Waals surface area (Å²) in [6, 6.07) is 25.0. The SMILES string of the molecule is CC(c1ccc(OCC2CO2)cc1)(c1ccc(OCC2CO2)cc1)c1ccc(OC2CCO2)cc1. The van der Waals surface area contributed by atoms with Crippen molar-refractivity contribution in [1.29, 1.82) is 0 Å². The first-order chi connectivity index (χ1) is 17.2. The standard InChI is InChI=1S/C29H30O6/c1-29(20-2-8-23(9-3-20)31-16-26-18-33-26,21-4-10-24(11-5-21)32-17-27-19-34-27)22-6-12-25(13-7-22)35-28-14-15-30-28/h2-13,26-28H,14-19H2,1H3. The summed E-state index contributed by atoms with van der Waals surface area (Å²) in [6.07, 6.45) is 1.27. The number of ether oxygens (including phenoxy) is 6. The first-order valence-electron chi connectivity index (χ1n) is 12.3. The van der Waals surface area contributed by atoms with Gasteiger partial charge in [-0.15, -0.1) is 0 Å². The quantitative estimate of drug-likeness (QED) is 0.296. The Hall–Kier alpha value is -3.06. The Bertz CT molecular complexity index is 1050. The van der Waals surface area contributed by atoms with Crippen LogP contribution >= 0.6 is 0 Å². The molecule has 0 aliphatic carbocycles. The second-order valence-corrected chi connectivity index (χ2v) is 9.44. The topological polar surface area (TPSA) is 62.0 Å². The van der Waals surface area contributed by atoms with Crippen LogP contribution in [0.3, 0.4) is 0 Å². The summed E-state index contributed by atoms with van der Waals surface area (Å²) in [5.41, 5.74) is 3.12. The molecule has 3 heterocycles. The van der Waals surface area contributed by atoms with Crippen molar-refractivity contribution in [2.45, 2.75) is 37.3 Å². The molecule has 3 unspecified atom stereocenters. The molecule has 3 aliphatic rings. The molecular weight excluding hydrogens is 444 g/mol. The fraction of sp³-hybridized carbons (Fsp3) is 0.379. The average molecular weight is 475 g/mol. The monoisotopic (exact) mass is 474 g/mol. The van der Waals surface area contributed by atoms with Gasteiger partial charge < -0.3 is 28.4 Å². The molecule has 3 aromatic carbocycles. The van der Waals surface area contributed by atoms with E-state index in [1.807, 2.05) is 36.4 Å². The van der Waals surface area contributed by atoms with E-state index in [1.165, 1.54) is 16.7 Å². The summed E-state index contributed by atoms with van der Waals surface area (Å²) in [7, 11) is 0. The summed E-state index contributed by atoms with van der Waals surface area (Å²) < 4.78 is 33.5. The molecule has 35 heavy (non-hydrogen) atoms. The van der Waals surface area contributed by atoms with Crippen LogP contribution in [0.5, 0.6) is 17.2 Å². The zero-order valence-electron chi connectivity index (χ0n) is 19.9. The van der Waals surface area contributed by atoms with E-state index in [0.29, 0.717) is 13.2 Å². The molecule has 182 valence electrons. The highest BCUT2D eigenvalue weighted by molar-refractivity contribution is 5.52. The van der Waals surface area contributed by atoms with Crippen molar-refractivity contribution in [3.05, 3.63) is 89.5 Å². The lowest BCUT2D eigenvalue weighted by molar-refractivity contribution is -0.165. The van der Waals surface area contributed by atoms with Crippen LogP contribution in [0.15, 0.2) is 72.8 Å². The maximum absolute atomic E-state index is 5.89. The third-order valence-corrected chi connectivity index (χ3v) is 6.90. The normalized spacial score (nSPS) is 24.1. The smallest absolute Gasteiger partial charge is 0.202 e. The fourth-order valence-corrected chi connectivity index (χ4v) is 4.30. The molecule has 0 saturated carbocycles. The Kier molecular flexibility index (Phi) is 6.10. The van der Waals surface area contributed by atoms with Gasteiger partial charge in [0.15, 0.2) is 0 Å². The molecule has 0 amide bonds. The lowest BCUT2D eigenvalue weighted by atomic mass is 9.71. The third kappa shape index (κ3) is 5.15. The molecule has 3 atom stereocenters. The summed E-state index contributed by atoms with van der Waals surface area (Å²) in [6.45, 7) is 5.78. The summed E-state index contributed by atoms with van der Waals surface area (Å²) >= 11 is 0. The van der Waals surface area contributed by atoms with E-state index in [2.05, 4.69) is 43.3 Å². The molecule has 0 N–H and O–H groups in total. The summed E-state index contributed by atoms with van der Waals surface area (Å²) in [5, 5.41) is 0. The Morgan fingerprint density at radius 2 is 1.06 bits per heavy atom. The van der Waals surface area contributed by atoms with Crippen LogP contribution < -0.4 is 14.2 Å². The van der Waals surface area contributed by atoms with Gasteiger partial charge in [0.25, 0.3) is 0 Å². The van der Waals surface area contributed by atoms with E-state index in [1.54, 1.807) is 0 Å². The fourth-order valence-electron chi connectivity index (χ4n) is 4.30. The highest BCUT2D eigenvalue weighted by Crippen LogP contribution is 2.40. The molecule has 3 aliphatic heterocycles. The lowest BCUT2D eigenvalue weighted by Crippen LogP contribution is -2.32. The third-order valence-electron chi connectivity index (χ3n) is 6.90. The summed E-state index contributed by atoms with van der Waals surface area (Å²) in [5.74, 6) is 2.52. The van der Waals surface area contributed by atoms with Gasteiger partial charge in [0.1, 0.15) is 42.7 Å². The van der Waals surface area contributed by atoms with Crippen LogP contribution in [-0.4, -0.2) is 51.5 Å². The van der Waals surface area contributed by atoms with Gasteiger partial charge in [-0.1, -0.05) is 36.4 Å². The maximum Gasteiger partial charge on any atom is 0.202 e. The van der Waals surface area contributed by atoms with E-state index in [-0.39, 0.29) is 23.9 Å². The van der Waals surface area contributed by atoms with E-state index in [9.17, 15) is 0 Å². The second kappa shape index (κ2) is 9.53. The van der Waals surface area contributed by atoms with Crippen molar-refractivity contribution in [2.75, 3.05) is 33.0 Å². The molecule has 0 radical (unpaired) electrons. The lowest BCUT2D eigenvalue weighted by Gasteiger charge is -2.32. The molecule has 0 aromatic heterocycles. The first kappa shape index (κ1) is 22.4. The van der Waals surface area contributed by atoms with Crippen molar-refractivity contribution in [2.24, 2.45) is 0 Å². The first-order valence-corrected chi connectivity index (χ1v) is 12.3. The van der Waals surface area contributed by atoms with E-state index < -0.39 is 0 Å². The number of hydrogen-bond acceptors (Lipinski definition) is 6. The zero-order valence-corrected chi connectivity index (χ0v) is 19.9. The number of rotatable bonds is 11. The highest BCUT2D eigenvalue weighted by Gasteiger charge is 2.32. The minimum Gasteiger partial charge on any atom is -0.491 e. The average Bonchev–Trinajstić information content (AvgIpc) is 3.80. The van der Waals surface area contributed by atoms with Crippen LogP contribution in [0.4, 0.5) is 0 Å². The van der Waals surface area contributed by atoms with Crippen LogP contribution in [0.1, 0.15) is 30.0 Å². The summed E-state index contributed by atoms with van der Waals surface area (Å²) in [4.78, 5) is 0. The van der Waals surface area contributed by atoms with Crippen molar-refractivity contribution < 1.29 is 28.4 Å². The van der Waals surface area contributed by atoms with Crippen molar-refractivity contribution in [1.82, 2.24) is 0 Å². The van der Waals surface area contributed by atoms with Crippen molar-refractivity contribution in [3.8, 4) is 17.2 Å². The molecule has 6 heteroatoms. The number of benzene rings is 3. The minimum absolute atomic E-state index is 0.130. The zero-order chi connectivity index (χ0) is 23.7. The predicted octanol–water partition coefficient (Wildman–Crippen LogP) is 4.72. The predicted molar refractivity (Wildman–Crippen MR) is 130 cm³/mol. The maximum atomic E-state index is 5.89. The van der Waals surface area contributed by atoms with Gasteiger partial charge in [-0.3, -0.25) is 0 Å². The van der Waals surface area contributed by atoms with Gasteiger partial charge in [0.05, 0.1) is 19.8 Å².